The molecule has 2 atom stereocenters. The summed E-state index contributed by atoms with van der Waals surface area (Å²) >= 11 is 3.91. The van der Waals surface area contributed by atoms with Gasteiger partial charge in [-0.15, -0.1) is 0 Å². The van der Waals surface area contributed by atoms with Crippen molar-refractivity contribution in [3.05, 3.63) is 0 Å². The molecule has 0 radical (unpaired) electrons. The average Bonchev–Trinajstić information content (AvgIpc) is 2.61. The summed E-state index contributed by atoms with van der Waals surface area (Å²) < 4.78 is 28.5. The number of rotatable bonds is 8. The predicted octanol–water partition coefficient (Wildman–Crippen LogP) is 1.74. The molecule has 0 aromatic heterocycles. The maximum atomic E-state index is 11.5. The van der Waals surface area contributed by atoms with E-state index < -0.39 is 40.5 Å². The van der Waals surface area contributed by atoms with Crippen molar-refractivity contribution in [2.75, 3.05) is 25.1 Å². The maximum Gasteiger partial charge on any atom is 0.346 e. The van der Waals surface area contributed by atoms with Crippen LogP contribution in [0.5, 0.6) is 0 Å². The first-order chi connectivity index (χ1) is 13.9. The molecule has 0 unspecified atom stereocenters. The second-order valence-corrected chi connectivity index (χ2v) is 11.7. The average molecular weight is 465 g/mol. The van der Waals surface area contributed by atoms with Crippen molar-refractivity contribution in [1.29, 1.82) is 0 Å². The van der Waals surface area contributed by atoms with Gasteiger partial charge in [-0.1, -0.05) is 13.8 Å². The Labute approximate surface area is 185 Å². The highest BCUT2D eigenvalue weighted by atomic mass is 32.2. The van der Waals surface area contributed by atoms with Gasteiger partial charge in [-0.05, 0) is 56.3 Å². The summed E-state index contributed by atoms with van der Waals surface area (Å²) in [5, 5.41) is 8.97. The first kappa shape index (κ1) is 25.4. The Morgan fingerprint density at radius 2 is 1.67 bits per heavy atom. The van der Waals surface area contributed by atoms with E-state index in [9.17, 15) is 18.0 Å². The summed E-state index contributed by atoms with van der Waals surface area (Å²) in [6.45, 7) is 2.80. The summed E-state index contributed by atoms with van der Waals surface area (Å²) in [5.41, 5.74) is 6.62. The van der Waals surface area contributed by atoms with Gasteiger partial charge in [0.25, 0.3) is 0 Å². The Kier molecular flexibility index (Phi) is 8.63. The molecular formula is C20H36N2O6S2. The van der Waals surface area contributed by atoms with Gasteiger partial charge in [0.1, 0.15) is 0 Å². The van der Waals surface area contributed by atoms with Gasteiger partial charge < -0.3 is 15.6 Å². The van der Waals surface area contributed by atoms with Crippen molar-refractivity contribution in [2.24, 2.45) is 29.4 Å². The zero-order chi connectivity index (χ0) is 22.7. The number of esters is 1. The molecule has 174 valence electrons. The number of likely N-dealkylation sites (N-methyl/N-ethyl adjacent to an activating group) is 1. The van der Waals surface area contributed by atoms with Crippen molar-refractivity contribution in [3.63, 3.8) is 0 Å². The first-order valence-corrected chi connectivity index (χ1v) is 13.1. The molecule has 8 nitrogen and oxygen atoms in total. The molecule has 0 amide bonds. The van der Waals surface area contributed by atoms with Crippen molar-refractivity contribution < 1.29 is 27.9 Å². The molecule has 4 aliphatic carbocycles. The van der Waals surface area contributed by atoms with Crippen LogP contribution in [0.3, 0.4) is 0 Å². The van der Waals surface area contributed by atoms with Gasteiger partial charge in [0.2, 0.25) is 16.1 Å². The van der Waals surface area contributed by atoms with Gasteiger partial charge in [-0.3, -0.25) is 4.79 Å². The van der Waals surface area contributed by atoms with E-state index in [2.05, 4.69) is 12.6 Å². The third kappa shape index (κ3) is 6.83. The van der Waals surface area contributed by atoms with E-state index in [0.717, 1.165) is 28.3 Å². The van der Waals surface area contributed by atoms with Gasteiger partial charge >= 0.3 is 11.9 Å². The zero-order valence-corrected chi connectivity index (χ0v) is 19.8. The van der Waals surface area contributed by atoms with Gasteiger partial charge in [0.15, 0.2) is 0 Å². The Morgan fingerprint density at radius 1 is 1.20 bits per heavy atom. The molecule has 3 N–H and O–H groups in total. The minimum atomic E-state index is -3.54. The highest BCUT2D eigenvalue weighted by Crippen LogP contribution is 2.54. The van der Waals surface area contributed by atoms with Crippen molar-refractivity contribution in [1.82, 2.24) is 4.31 Å². The van der Waals surface area contributed by atoms with Crippen LogP contribution in [0, 0.1) is 23.7 Å². The lowest BCUT2D eigenvalue weighted by molar-refractivity contribution is -0.166. The SMILES string of the molecule is CCN(C[C@H](OC(=O)[C@H](C)CS)C(=O)O)S(C)(=O)=O.NC12CC3CC(CC(C3)C1)C2. The van der Waals surface area contributed by atoms with Gasteiger partial charge in [0.05, 0.1) is 18.7 Å². The molecule has 4 fully saturated rings. The molecule has 0 spiro atoms. The molecule has 4 saturated carbocycles. The van der Waals surface area contributed by atoms with Crippen molar-refractivity contribution in [3.8, 4) is 0 Å². The van der Waals surface area contributed by atoms with Crippen molar-refractivity contribution in [2.45, 2.75) is 64.0 Å². The molecule has 4 bridgehead atoms. The van der Waals surface area contributed by atoms with Crippen LogP contribution < -0.4 is 5.73 Å². The van der Waals surface area contributed by atoms with Gasteiger partial charge in [-0.25, -0.2) is 13.2 Å². The highest BCUT2D eigenvalue weighted by Gasteiger charge is 2.48. The third-order valence-corrected chi connectivity index (χ3v) is 8.38. The van der Waals surface area contributed by atoms with E-state index in [0.29, 0.717) is 5.54 Å². The Bertz CT molecular complexity index is 692. The molecule has 0 aliphatic heterocycles. The number of carbonyl (C=O) groups is 2. The van der Waals surface area contributed by atoms with Gasteiger partial charge in [0, 0.05) is 17.8 Å². The minimum absolute atomic E-state index is 0.0995. The quantitative estimate of drug-likeness (QED) is 0.369. The number of ether oxygens (including phenoxy) is 1. The minimum Gasteiger partial charge on any atom is -0.478 e. The number of hydrogen-bond donors (Lipinski definition) is 3. The predicted molar refractivity (Wildman–Crippen MR) is 118 cm³/mol. The molecule has 0 aromatic carbocycles. The number of nitrogens with two attached hydrogens (primary N) is 1. The maximum absolute atomic E-state index is 11.5. The second kappa shape index (κ2) is 10.2. The standard InChI is InChI=1S/C10H19NO6S2.C10H17N/c1-4-11(19(3,15)16)5-8(9(12)13)17-10(14)7(2)6-18;11-10-4-7-1-8(5-10)3-9(2-7)6-10/h7-8,18H,4-6H2,1-3H3,(H,12,13);7-9H,1-6,11H2/t7-,8+;/m1./s1. The number of hydrogen-bond acceptors (Lipinski definition) is 7. The molecule has 30 heavy (non-hydrogen) atoms. The number of carboxylic acid groups (broad SMARTS) is 1. The Morgan fingerprint density at radius 3 is 1.97 bits per heavy atom. The van der Waals surface area contributed by atoms with Gasteiger partial charge in [-0.2, -0.15) is 16.9 Å². The molecule has 0 saturated heterocycles. The smallest absolute Gasteiger partial charge is 0.346 e. The monoisotopic (exact) mass is 464 g/mol. The number of carbonyl (C=O) groups excluding carboxylic acids is 1. The normalized spacial score (nSPS) is 31.6. The molecule has 4 aliphatic rings. The fraction of sp³-hybridized carbons (Fsp3) is 0.900. The van der Waals surface area contributed by atoms with Crippen LogP contribution >= 0.6 is 12.6 Å². The van der Waals surface area contributed by atoms with E-state index in [1.54, 1.807) is 13.8 Å². The summed E-state index contributed by atoms with van der Waals surface area (Å²) in [6, 6.07) is 0. The van der Waals surface area contributed by atoms with Crippen LogP contribution in [0.15, 0.2) is 0 Å². The van der Waals surface area contributed by atoms with E-state index in [1.807, 2.05) is 0 Å². The van der Waals surface area contributed by atoms with Crippen molar-refractivity contribution >= 4 is 34.6 Å². The summed E-state index contributed by atoms with van der Waals surface area (Å²) in [7, 11) is -3.54. The van der Waals surface area contributed by atoms with E-state index >= 15 is 0 Å². The van der Waals surface area contributed by atoms with Crippen LogP contribution in [0.25, 0.3) is 0 Å². The number of nitrogens with zero attached hydrogens (tertiary/aromatic N) is 1. The second-order valence-electron chi connectivity index (χ2n) is 9.34. The van der Waals surface area contributed by atoms with E-state index in [1.165, 1.54) is 38.5 Å². The summed E-state index contributed by atoms with van der Waals surface area (Å²) in [6.07, 6.45) is 8.01. The lowest BCUT2D eigenvalue weighted by Crippen LogP contribution is -2.55. The number of aliphatic carboxylic acids is 1. The number of thiol groups is 1. The third-order valence-electron chi connectivity index (χ3n) is 6.49. The van der Waals surface area contributed by atoms with E-state index in [-0.39, 0.29) is 12.3 Å². The summed E-state index contributed by atoms with van der Waals surface area (Å²) in [4.78, 5) is 22.5. The van der Waals surface area contributed by atoms with Crippen LogP contribution in [0.1, 0.15) is 52.4 Å². The zero-order valence-electron chi connectivity index (χ0n) is 18.1. The first-order valence-electron chi connectivity index (χ1n) is 10.6. The molecule has 10 heteroatoms. The lowest BCUT2D eigenvalue weighted by atomic mass is 9.53. The molecule has 4 rings (SSSR count). The fourth-order valence-electron chi connectivity index (χ4n) is 5.36. The fourth-order valence-corrected chi connectivity index (χ4v) is 6.38. The Balaban J connectivity index is 0.000000240. The van der Waals surface area contributed by atoms with Crippen LogP contribution in [0.2, 0.25) is 0 Å². The van der Waals surface area contributed by atoms with Crippen LogP contribution in [0.4, 0.5) is 0 Å². The van der Waals surface area contributed by atoms with Crippen LogP contribution in [-0.2, 0) is 24.3 Å². The van der Waals surface area contributed by atoms with Crippen LogP contribution in [-0.4, -0.2) is 66.5 Å². The number of sulfonamides is 1. The lowest BCUT2D eigenvalue weighted by Gasteiger charge is -2.55. The largest absolute Gasteiger partial charge is 0.478 e. The van der Waals surface area contributed by atoms with E-state index in [4.69, 9.17) is 15.6 Å². The number of carboxylic acids is 1. The topological polar surface area (TPSA) is 127 Å². The molecular weight excluding hydrogens is 428 g/mol. The molecule has 0 aromatic rings. The Hall–Kier alpha value is -0.840. The highest BCUT2D eigenvalue weighted by molar-refractivity contribution is 7.88. The molecule has 0 heterocycles. The summed E-state index contributed by atoms with van der Waals surface area (Å²) in [5.74, 6) is 0.616.